The second-order valence-corrected chi connectivity index (χ2v) is 7.26. The maximum Gasteiger partial charge on any atom is 0.328 e. The number of hydrogen-bond acceptors (Lipinski definition) is 2. The van der Waals surface area contributed by atoms with Crippen LogP contribution in [-0.2, 0) is 10.3 Å². The fourth-order valence-corrected chi connectivity index (χ4v) is 4.22. The molecule has 3 nitrogen and oxygen atoms in total. The van der Waals surface area contributed by atoms with Crippen molar-refractivity contribution >= 4 is 17.7 Å². The number of nitrogens with zero attached hydrogens (tertiary/aromatic N) is 1. The third-order valence-corrected chi connectivity index (χ3v) is 5.68. The van der Waals surface area contributed by atoms with E-state index in [4.69, 9.17) is 5.11 Å². The Bertz CT molecular complexity index is 971. The molecule has 29 heavy (non-hydrogen) atoms. The summed E-state index contributed by atoms with van der Waals surface area (Å²) in [5.74, 6) is -1.22. The lowest BCUT2D eigenvalue weighted by molar-refractivity contribution is -0.131. The summed E-state index contributed by atoms with van der Waals surface area (Å²) in [5.41, 5.74) is 5.01. The number of carbonyl (C=O) groups is 1. The standard InChI is InChI=1S/C25H26FNO2/c1-4-19-16-17-27(22-13-11-21(26)12-14-22)25(3,23(19)5-2)20-9-6-18(7-10-20)8-15-24(28)29/h4-15H,16-17H2,1-3H3,(H,28,29)/b15-8+,19-4-,23-5+. The fourth-order valence-electron chi connectivity index (χ4n) is 4.22. The molecule has 0 aliphatic carbocycles. The zero-order valence-electron chi connectivity index (χ0n) is 17.0. The van der Waals surface area contributed by atoms with E-state index < -0.39 is 11.5 Å². The molecule has 0 radical (unpaired) electrons. The number of aliphatic carboxylic acids is 1. The number of carboxylic acids is 1. The molecule has 0 amide bonds. The maximum absolute atomic E-state index is 13.5. The number of allylic oxidation sites excluding steroid dienone is 2. The highest BCUT2D eigenvalue weighted by molar-refractivity contribution is 5.85. The van der Waals surface area contributed by atoms with Gasteiger partial charge in [0.2, 0.25) is 0 Å². The highest BCUT2D eigenvalue weighted by atomic mass is 19.1. The summed E-state index contributed by atoms with van der Waals surface area (Å²) in [7, 11) is 0. The van der Waals surface area contributed by atoms with Gasteiger partial charge in [0.1, 0.15) is 5.82 Å². The molecule has 1 aliphatic heterocycles. The van der Waals surface area contributed by atoms with Crippen molar-refractivity contribution in [1.29, 1.82) is 0 Å². The third kappa shape index (κ3) is 4.02. The number of anilines is 1. The number of carboxylic acid groups (broad SMARTS) is 1. The van der Waals surface area contributed by atoms with Gasteiger partial charge in [-0.1, -0.05) is 36.4 Å². The van der Waals surface area contributed by atoms with Crippen LogP contribution in [0.3, 0.4) is 0 Å². The first-order valence-electron chi connectivity index (χ1n) is 9.77. The Morgan fingerprint density at radius 2 is 1.72 bits per heavy atom. The van der Waals surface area contributed by atoms with Crippen LogP contribution in [0.15, 0.2) is 77.9 Å². The zero-order chi connectivity index (χ0) is 21.0. The van der Waals surface area contributed by atoms with Crippen molar-refractivity contribution in [1.82, 2.24) is 0 Å². The molecule has 0 bridgehead atoms. The van der Waals surface area contributed by atoms with Crippen LogP contribution < -0.4 is 4.90 Å². The van der Waals surface area contributed by atoms with Crippen LogP contribution in [0.1, 0.15) is 38.3 Å². The lowest BCUT2D eigenvalue weighted by Crippen LogP contribution is -2.50. The summed E-state index contributed by atoms with van der Waals surface area (Å²) >= 11 is 0. The fraction of sp³-hybridized carbons (Fsp3) is 0.240. The van der Waals surface area contributed by atoms with Crippen LogP contribution in [0.4, 0.5) is 10.1 Å². The number of benzene rings is 2. The molecule has 0 spiro atoms. The van der Waals surface area contributed by atoms with E-state index in [1.165, 1.54) is 23.3 Å². The molecular weight excluding hydrogens is 365 g/mol. The van der Waals surface area contributed by atoms with Gasteiger partial charge in [0.05, 0.1) is 5.54 Å². The second-order valence-electron chi connectivity index (χ2n) is 7.26. The lowest BCUT2D eigenvalue weighted by atomic mass is 9.74. The van der Waals surface area contributed by atoms with Crippen molar-refractivity contribution < 1.29 is 14.3 Å². The summed E-state index contributed by atoms with van der Waals surface area (Å²) in [6, 6.07) is 14.6. The van der Waals surface area contributed by atoms with Crippen molar-refractivity contribution in [3.63, 3.8) is 0 Å². The molecule has 1 N–H and O–H groups in total. The van der Waals surface area contributed by atoms with Gasteiger partial charge in [-0.15, -0.1) is 0 Å². The Morgan fingerprint density at radius 1 is 1.07 bits per heavy atom. The van der Waals surface area contributed by atoms with Crippen molar-refractivity contribution in [2.45, 2.75) is 32.7 Å². The van der Waals surface area contributed by atoms with Crippen LogP contribution >= 0.6 is 0 Å². The predicted molar refractivity (Wildman–Crippen MR) is 116 cm³/mol. The minimum Gasteiger partial charge on any atom is -0.478 e. The van der Waals surface area contributed by atoms with E-state index >= 15 is 0 Å². The number of rotatable bonds is 4. The molecule has 0 saturated carbocycles. The van der Waals surface area contributed by atoms with E-state index in [1.807, 2.05) is 36.4 Å². The predicted octanol–water partition coefficient (Wildman–Crippen LogP) is 5.94. The van der Waals surface area contributed by atoms with Crippen molar-refractivity contribution in [3.8, 4) is 0 Å². The molecule has 0 aromatic heterocycles. The molecule has 1 fully saturated rings. The van der Waals surface area contributed by atoms with Crippen molar-refractivity contribution in [3.05, 3.63) is 94.8 Å². The Labute approximate surface area is 171 Å². The smallest absolute Gasteiger partial charge is 0.328 e. The largest absolute Gasteiger partial charge is 0.478 e. The van der Waals surface area contributed by atoms with E-state index in [1.54, 1.807) is 6.08 Å². The Balaban J connectivity index is 2.11. The summed E-state index contributed by atoms with van der Waals surface area (Å²) in [6.45, 7) is 7.12. The van der Waals surface area contributed by atoms with Crippen LogP contribution in [0.25, 0.3) is 6.08 Å². The first-order valence-corrected chi connectivity index (χ1v) is 9.77. The topological polar surface area (TPSA) is 40.5 Å². The van der Waals surface area contributed by atoms with Gasteiger partial charge in [-0.25, -0.2) is 9.18 Å². The maximum atomic E-state index is 13.5. The summed E-state index contributed by atoms with van der Waals surface area (Å²) in [6.07, 6.45) is 7.96. The lowest BCUT2D eigenvalue weighted by Gasteiger charge is -2.49. The van der Waals surface area contributed by atoms with E-state index in [2.05, 4.69) is 37.8 Å². The summed E-state index contributed by atoms with van der Waals surface area (Å²) in [4.78, 5) is 13.1. The molecule has 1 unspecified atom stereocenters. The van der Waals surface area contributed by atoms with Gasteiger partial charge in [-0.05, 0) is 79.8 Å². The van der Waals surface area contributed by atoms with Gasteiger partial charge < -0.3 is 10.0 Å². The van der Waals surface area contributed by atoms with Crippen molar-refractivity contribution in [2.75, 3.05) is 11.4 Å². The average Bonchev–Trinajstić information content (AvgIpc) is 2.73. The van der Waals surface area contributed by atoms with Crippen molar-refractivity contribution in [2.24, 2.45) is 0 Å². The van der Waals surface area contributed by atoms with E-state index in [0.717, 1.165) is 35.9 Å². The van der Waals surface area contributed by atoms with Gasteiger partial charge >= 0.3 is 5.97 Å². The summed E-state index contributed by atoms with van der Waals surface area (Å²) in [5, 5.41) is 8.84. The van der Waals surface area contributed by atoms with Gasteiger partial charge in [0.15, 0.2) is 0 Å². The Morgan fingerprint density at radius 3 is 2.28 bits per heavy atom. The number of halogens is 1. The minimum absolute atomic E-state index is 0.248. The van der Waals surface area contributed by atoms with Crippen LogP contribution in [0, 0.1) is 5.82 Å². The molecule has 150 valence electrons. The van der Waals surface area contributed by atoms with Crippen LogP contribution in [0.2, 0.25) is 0 Å². The Hall–Kier alpha value is -3.14. The first-order chi connectivity index (χ1) is 13.9. The van der Waals surface area contributed by atoms with E-state index in [9.17, 15) is 9.18 Å². The average molecular weight is 391 g/mol. The highest BCUT2D eigenvalue weighted by Gasteiger charge is 2.41. The molecule has 1 saturated heterocycles. The summed E-state index contributed by atoms with van der Waals surface area (Å²) < 4.78 is 13.5. The minimum atomic E-state index is -0.968. The van der Waals surface area contributed by atoms with E-state index in [0.29, 0.717) is 0 Å². The monoisotopic (exact) mass is 391 g/mol. The highest BCUT2D eigenvalue weighted by Crippen LogP contribution is 2.46. The first kappa shape index (κ1) is 20.6. The SMILES string of the molecule is C/C=C1/CCN(c2ccc(F)cc2)C(C)(c2ccc(/C=C/C(=O)O)cc2)/C1=C/C. The molecule has 1 atom stereocenters. The third-order valence-electron chi connectivity index (χ3n) is 5.68. The quantitative estimate of drug-likeness (QED) is 0.656. The Kier molecular flexibility index (Phi) is 6.02. The molecule has 1 heterocycles. The van der Waals surface area contributed by atoms with Gasteiger partial charge in [-0.3, -0.25) is 0 Å². The van der Waals surface area contributed by atoms with Gasteiger partial charge in [0, 0.05) is 18.3 Å². The normalized spacial score (nSPS) is 22.6. The van der Waals surface area contributed by atoms with Crippen LogP contribution in [0.5, 0.6) is 0 Å². The zero-order valence-corrected chi connectivity index (χ0v) is 17.0. The molecule has 1 aliphatic rings. The molecular formula is C25H26FNO2. The number of hydrogen-bond donors (Lipinski definition) is 1. The second kappa shape index (κ2) is 8.48. The van der Waals surface area contributed by atoms with Crippen LogP contribution in [-0.4, -0.2) is 17.6 Å². The molecule has 4 heteroatoms. The van der Waals surface area contributed by atoms with Gasteiger partial charge in [-0.2, -0.15) is 0 Å². The molecule has 3 rings (SSSR count). The molecule has 2 aromatic carbocycles. The number of piperidine rings is 1. The van der Waals surface area contributed by atoms with Gasteiger partial charge in [0.25, 0.3) is 0 Å². The van der Waals surface area contributed by atoms with E-state index in [-0.39, 0.29) is 5.82 Å². The molecule has 2 aromatic rings.